The van der Waals surface area contributed by atoms with Gasteiger partial charge in [-0.3, -0.25) is 9.78 Å². The number of nitrogens with one attached hydrogen (secondary N) is 1. The molecule has 3 aromatic rings. The molecule has 7 nitrogen and oxygen atoms in total. The number of nitrogens with zero attached hydrogens (tertiary/aromatic N) is 4. The predicted octanol–water partition coefficient (Wildman–Crippen LogP) is 2.25. The summed E-state index contributed by atoms with van der Waals surface area (Å²) >= 11 is 0. The molecular weight excluding hydrogens is 337 g/mol. The number of hydrogen-bond donors (Lipinski definition) is 1. The number of anilines is 2. The summed E-state index contributed by atoms with van der Waals surface area (Å²) in [7, 11) is 0. The summed E-state index contributed by atoms with van der Waals surface area (Å²) in [5.41, 5.74) is 0.958. The molecule has 1 aromatic carbocycles. The summed E-state index contributed by atoms with van der Waals surface area (Å²) in [6.07, 6.45) is 4.56. The normalized spacial score (nSPS) is 14.4. The van der Waals surface area contributed by atoms with Gasteiger partial charge in [-0.25, -0.2) is 14.4 Å². The van der Waals surface area contributed by atoms with Gasteiger partial charge in [0.05, 0.1) is 36.8 Å². The first-order valence-electron chi connectivity index (χ1n) is 8.21. The second-order valence-electron chi connectivity index (χ2n) is 5.84. The van der Waals surface area contributed by atoms with E-state index in [1.54, 1.807) is 24.5 Å². The standard InChI is InChI=1S/C18H16FN5O2/c19-13-8-12-2-1-3-20-17(12)14(9-13)23-18(25)15-10-22-16(11-21-15)24-4-6-26-7-5-24/h1-3,8-11H,4-7H2,(H,23,25). The molecule has 26 heavy (non-hydrogen) atoms. The van der Waals surface area contributed by atoms with Gasteiger partial charge < -0.3 is 15.0 Å². The molecule has 0 unspecified atom stereocenters. The van der Waals surface area contributed by atoms with Gasteiger partial charge in [-0.2, -0.15) is 0 Å². The molecular formula is C18H16FN5O2. The van der Waals surface area contributed by atoms with Crippen molar-refractivity contribution in [1.82, 2.24) is 15.0 Å². The smallest absolute Gasteiger partial charge is 0.275 e. The van der Waals surface area contributed by atoms with E-state index in [0.29, 0.717) is 35.6 Å². The van der Waals surface area contributed by atoms with Crippen molar-refractivity contribution in [2.75, 3.05) is 36.5 Å². The van der Waals surface area contributed by atoms with E-state index in [0.717, 1.165) is 13.1 Å². The van der Waals surface area contributed by atoms with Gasteiger partial charge in [0.15, 0.2) is 0 Å². The molecule has 1 amide bonds. The fraction of sp³-hybridized carbons (Fsp3) is 0.222. The number of halogens is 1. The Morgan fingerprint density at radius 3 is 2.77 bits per heavy atom. The summed E-state index contributed by atoms with van der Waals surface area (Å²) in [6.45, 7) is 2.76. The molecule has 4 rings (SSSR count). The van der Waals surface area contributed by atoms with Crippen LogP contribution in [0.25, 0.3) is 10.9 Å². The van der Waals surface area contributed by atoms with Crippen LogP contribution in [0.2, 0.25) is 0 Å². The quantitative estimate of drug-likeness (QED) is 0.778. The van der Waals surface area contributed by atoms with E-state index in [-0.39, 0.29) is 5.69 Å². The van der Waals surface area contributed by atoms with Crippen LogP contribution in [0.3, 0.4) is 0 Å². The van der Waals surface area contributed by atoms with E-state index in [2.05, 4.69) is 20.3 Å². The first kappa shape index (κ1) is 16.3. The molecule has 0 saturated carbocycles. The highest BCUT2D eigenvalue weighted by Gasteiger charge is 2.15. The van der Waals surface area contributed by atoms with Gasteiger partial charge in [0.1, 0.15) is 17.3 Å². The molecule has 2 aromatic heterocycles. The van der Waals surface area contributed by atoms with Gasteiger partial charge in [0.25, 0.3) is 5.91 Å². The Morgan fingerprint density at radius 2 is 2.00 bits per heavy atom. The van der Waals surface area contributed by atoms with Crippen LogP contribution in [0, 0.1) is 5.82 Å². The summed E-state index contributed by atoms with van der Waals surface area (Å²) in [5.74, 6) is -0.221. The van der Waals surface area contributed by atoms with Crippen molar-refractivity contribution in [2.24, 2.45) is 0 Å². The Hall–Kier alpha value is -3.13. The van der Waals surface area contributed by atoms with E-state index in [4.69, 9.17) is 4.74 Å². The fourth-order valence-electron chi connectivity index (χ4n) is 2.83. The fourth-order valence-corrected chi connectivity index (χ4v) is 2.83. The Balaban J connectivity index is 1.55. The number of benzene rings is 1. The number of morpholine rings is 1. The Labute approximate surface area is 148 Å². The molecule has 1 aliphatic rings. The number of hydrogen-bond acceptors (Lipinski definition) is 6. The molecule has 0 spiro atoms. The van der Waals surface area contributed by atoms with Crippen molar-refractivity contribution in [3.05, 3.63) is 54.4 Å². The minimum atomic E-state index is -0.469. The maximum atomic E-state index is 13.8. The van der Waals surface area contributed by atoms with Gasteiger partial charge >= 0.3 is 0 Å². The lowest BCUT2D eigenvalue weighted by Crippen LogP contribution is -2.36. The number of amides is 1. The third-order valence-electron chi connectivity index (χ3n) is 4.12. The average molecular weight is 353 g/mol. The van der Waals surface area contributed by atoms with Crippen molar-refractivity contribution in [3.63, 3.8) is 0 Å². The lowest BCUT2D eigenvalue weighted by molar-refractivity contribution is 0.102. The average Bonchev–Trinajstić information content (AvgIpc) is 2.68. The van der Waals surface area contributed by atoms with Crippen molar-refractivity contribution in [3.8, 4) is 0 Å². The van der Waals surface area contributed by atoms with Crippen LogP contribution in [0.5, 0.6) is 0 Å². The molecule has 0 atom stereocenters. The third kappa shape index (κ3) is 3.31. The maximum absolute atomic E-state index is 13.8. The SMILES string of the molecule is O=C(Nc1cc(F)cc2cccnc12)c1cnc(N2CCOCC2)cn1. The summed E-state index contributed by atoms with van der Waals surface area (Å²) < 4.78 is 19.1. The van der Waals surface area contributed by atoms with Crippen molar-refractivity contribution in [1.29, 1.82) is 0 Å². The third-order valence-corrected chi connectivity index (χ3v) is 4.12. The first-order chi connectivity index (χ1) is 12.7. The molecule has 3 heterocycles. The van der Waals surface area contributed by atoms with Gasteiger partial charge in [-0.05, 0) is 18.2 Å². The molecule has 1 fully saturated rings. The molecule has 1 aliphatic heterocycles. The van der Waals surface area contributed by atoms with Crippen LogP contribution < -0.4 is 10.2 Å². The van der Waals surface area contributed by atoms with E-state index < -0.39 is 11.7 Å². The second-order valence-corrected chi connectivity index (χ2v) is 5.84. The number of pyridine rings is 1. The zero-order valence-electron chi connectivity index (χ0n) is 13.9. The largest absolute Gasteiger partial charge is 0.378 e. The molecule has 8 heteroatoms. The number of carbonyl (C=O) groups excluding carboxylic acids is 1. The van der Waals surface area contributed by atoms with E-state index >= 15 is 0 Å². The van der Waals surface area contributed by atoms with Crippen LogP contribution in [-0.2, 0) is 4.74 Å². The second kappa shape index (κ2) is 7.01. The molecule has 0 radical (unpaired) electrons. The van der Waals surface area contributed by atoms with E-state index in [1.807, 2.05) is 4.90 Å². The zero-order valence-corrected chi connectivity index (χ0v) is 13.9. The summed E-state index contributed by atoms with van der Waals surface area (Å²) in [6, 6.07) is 6.05. The number of aromatic nitrogens is 3. The van der Waals surface area contributed by atoms with Crippen LogP contribution in [0.1, 0.15) is 10.5 Å². The molecule has 0 aliphatic carbocycles. The van der Waals surface area contributed by atoms with Gasteiger partial charge in [0.2, 0.25) is 0 Å². The maximum Gasteiger partial charge on any atom is 0.275 e. The van der Waals surface area contributed by atoms with Crippen LogP contribution in [-0.4, -0.2) is 47.2 Å². The molecule has 132 valence electrons. The number of fused-ring (bicyclic) bond motifs is 1. The summed E-state index contributed by atoms with van der Waals surface area (Å²) in [5, 5.41) is 3.27. The van der Waals surface area contributed by atoms with Crippen LogP contribution in [0.15, 0.2) is 42.9 Å². The molecule has 1 N–H and O–H groups in total. The van der Waals surface area contributed by atoms with Crippen LogP contribution >= 0.6 is 0 Å². The topological polar surface area (TPSA) is 80.2 Å². The van der Waals surface area contributed by atoms with Crippen molar-refractivity contribution >= 4 is 28.3 Å². The lowest BCUT2D eigenvalue weighted by atomic mass is 10.2. The van der Waals surface area contributed by atoms with Crippen molar-refractivity contribution < 1.29 is 13.9 Å². The first-order valence-corrected chi connectivity index (χ1v) is 8.21. The van der Waals surface area contributed by atoms with Gasteiger partial charge in [-0.15, -0.1) is 0 Å². The minimum absolute atomic E-state index is 0.148. The lowest BCUT2D eigenvalue weighted by Gasteiger charge is -2.27. The van der Waals surface area contributed by atoms with Crippen molar-refractivity contribution in [2.45, 2.75) is 0 Å². The predicted molar refractivity (Wildman–Crippen MR) is 94.7 cm³/mol. The highest BCUT2D eigenvalue weighted by molar-refractivity contribution is 6.07. The molecule has 1 saturated heterocycles. The Morgan fingerprint density at radius 1 is 1.15 bits per heavy atom. The Bertz CT molecular complexity index is 942. The highest BCUT2D eigenvalue weighted by atomic mass is 19.1. The van der Waals surface area contributed by atoms with Gasteiger partial charge in [0, 0.05) is 24.7 Å². The van der Waals surface area contributed by atoms with Gasteiger partial charge in [-0.1, -0.05) is 6.07 Å². The van der Waals surface area contributed by atoms with Crippen LogP contribution in [0.4, 0.5) is 15.9 Å². The molecule has 0 bridgehead atoms. The summed E-state index contributed by atoms with van der Waals surface area (Å²) in [4.78, 5) is 27.2. The minimum Gasteiger partial charge on any atom is -0.378 e. The zero-order chi connectivity index (χ0) is 17.9. The van der Waals surface area contributed by atoms with E-state index in [9.17, 15) is 9.18 Å². The number of ether oxygens (including phenoxy) is 1. The van der Waals surface area contributed by atoms with E-state index in [1.165, 1.54) is 18.3 Å². The Kier molecular flexibility index (Phi) is 4.40. The number of carbonyl (C=O) groups is 1. The highest BCUT2D eigenvalue weighted by Crippen LogP contribution is 2.23. The number of rotatable bonds is 3. The monoisotopic (exact) mass is 353 g/mol.